The first-order valence-corrected chi connectivity index (χ1v) is 6.21. The van der Waals surface area contributed by atoms with Gasteiger partial charge in [-0.25, -0.2) is 8.42 Å². The lowest BCUT2D eigenvalue weighted by Gasteiger charge is -2.05. The topological polar surface area (TPSA) is 59.1 Å². The largest absolute Gasteiger partial charge is 0.282 e. The number of rotatable bonds is 4. The summed E-state index contributed by atoms with van der Waals surface area (Å²) in [5, 5.41) is 0. The van der Waals surface area contributed by atoms with Gasteiger partial charge in [0.15, 0.2) is 0 Å². The van der Waals surface area contributed by atoms with Gasteiger partial charge in [0, 0.05) is 11.6 Å². The average molecular weight is 235 g/mol. The molecule has 0 atom stereocenters. The molecule has 14 heavy (non-hydrogen) atoms. The predicted octanol–water partition coefficient (Wildman–Crippen LogP) is 1.37. The smallest absolute Gasteiger partial charge is 0.233 e. The summed E-state index contributed by atoms with van der Waals surface area (Å²) < 4.78 is 24.9. The number of pyridine rings is 1. The molecule has 0 saturated carbocycles. The summed E-state index contributed by atoms with van der Waals surface area (Å²) in [7, 11) is -3.32. The fourth-order valence-corrected chi connectivity index (χ4v) is 2.25. The highest BCUT2D eigenvalue weighted by atomic mass is 35.5. The van der Waals surface area contributed by atoms with Gasteiger partial charge in [0.2, 0.25) is 10.0 Å². The molecular formula is C8H11ClN2O2S. The first-order valence-electron chi connectivity index (χ1n) is 4.02. The van der Waals surface area contributed by atoms with E-state index in [-0.39, 0.29) is 11.6 Å². The maximum absolute atomic E-state index is 11.3. The van der Waals surface area contributed by atoms with Gasteiger partial charge in [-0.3, -0.25) is 9.71 Å². The normalized spacial score (nSPS) is 11.3. The molecule has 1 heterocycles. The van der Waals surface area contributed by atoms with Crippen LogP contribution in [0.2, 0.25) is 0 Å². The van der Waals surface area contributed by atoms with Crippen LogP contribution in [0.3, 0.4) is 0 Å². The zero-order valence-electron chi connectivity index (χ0n) is 7.70. The summed E-state index contributed by atoms with van der Waals surface area (Å²) in [6, 6.07) is 3.40. The molecule has 0 bridgehead atoms. The van der Waals surface area contributed by atoms with Crippen molar-refractivity contribution in [3.8, 4) is 0 Å². The Kier molecular flexibility index (Phi) is 3.71. The summed E-state index contributed by atoms with van der Waals surface area (Å²) in [6.07, 6.45) is 1.47. The molecule has 1 aromatic heterocycles. The average Bonchev–Trinajstić information content (AvgIpc) is 2.08. The number of aryl methyl sites for hydroxylation is 1. The third-order valence-corrected chi connectivity index (χ3v) is 3.23. The minimum atomic E-state index is -3.32. The number of nitrogens with zero attached hydrogens (tertiary/aromatic N) is 1. The highest BCUT2D eigenvalue weighted by Gasteiger charge is 2.08. The van der Waals surface area contributed by atoms with Crippen LogP contribution in [0.5, 0.6) is 0 Å². The summed E-state index contributed by atoms with van der Waals surface area (Å²) >= 11 is 5.34. The molecule has 0 saturated heterocycles. The van der Waals surface area contributed by atoms with Crippen LogP contribution in [0.15, 0.2) is 18.3 Å². The van der Waals surface area contributed by atoms with Crippen molar-refractivity contribution < 1.29 is 8.42 Å². The van der Waals surface area contributed by atoms with Gasteiger partial charge in [-0.15, -0.1) is 11.6 Å². The Labute approximate surface area is 88.4 Å². The second-order valence-corrected chi connectivity index (χ2v) is 5.02. The highest BCUT2D eigenvalue weighted by Crippen LogP contribution is 2.08. The third-order valence-electron chi connectivity index (χ3n) is 1.53. The Balaban J connectivity index is 2.74. The number of aromatic nitrogens is 1. The summed E-state index contributed by atoms with van der Waals surface area (Å²) in [6.45, 7) is 1.83. The molecule has 0 aromatic carbocycles. The van der Waals surface area contributed by atoms with Crippen LogP contribution < -0.4 is 4.72 Å². The summed E-state index contributed by atoms with van der Waals surface area (Å²) in [5.41, 5.74) is 1.30. The molecule has 1 aromatic rings. The lowest BCUT2D eigenvalue weighted by atomic mass is 10.4. The van der Waals surface area contributed by atoms with E-state index in [1.54, 1.807) is 12.1 Å². The van der Waals surface area contributed by atoms with E-state index in [1.165, 1.54) is 6.20 Å². The fourth-order valence-electron chi connectivity index (χ4n) is 0.860. The van der Waals surface area contributed by atoms with Crippen LogP contribution in [0, 0.1) is 6.92 Å². The van der Waals surface area contributed by atoms with E-state index in [0.29, 0.717) is 5.69 Å². The number of hydrogen-bond donors (Lipinski definition) is 1. The summed E-state index contributed by atoms with van der Waals surface area (Å²) in [5.74, 6) is -0.0168. The molecule has 1 N–H and O–H groups in total. The molecular weight excluding hydrogens is 224 g/mol. The molecule has 0 unspecified atom stereocenters. The Morgan fingerprint density at radius 1 is 1.50 bits per heavy atom. The van der Waals surface area contributed by atoms with Crippen molar-refractivity contribution >= 4 is 27.3 Å². The molecule has 78 valence electrons. The second kappa shape index (κ2) is 4.61. The third kappa shape index (κ3) is 3.51. The van der Waals surface area contributed by atoms with Crippen molar-refractivity contribution in [3.05, 3.63) is 24.0 Å². The first kappa shape index (κ1) is 11.3. The molecule has 0 aliphatic carbocycles. The van der Waals surface area contributed by atoms with Crippen LogP contribution in [0.1, 0.15) is 5.69 Å². The van der Waals surface area contributed by atoms with Crippen molar-refractivity contribution in [3.63, 3.8) is 0 Å². The predicted molar refractivity (Wildman–Crippen MR) is 57.1 cm³/mol. The number of alkyl halides is 1. The van der Waals surface area contributed by atoms with Gasteiger partial charge < -0.3 is 0 Å². The molecule has 6 heteroatoms. The van der Waals surface area contributed by atoms with Crippen molar-refractivity contribution in [1.82, 2.24) is 4.98 Å². The molecule has 0 radical (unpaired) electrons. The Morgan fingerprint density at radius 3 is 2.71 bits per heavy atom. The summed E-state index contributed by atoms with van der Waals surface area (Å²) in [4.78, 5) is 3.96. The van der Waals surface area contributed by atoms with Crippen LogP contribution in [0.4, 0.5) is 5.69 Å². The SMILES string of the molecule is Cc1ccc(NS(=O)(=O)CCCl)cn1. The minimum absolute atomic E-state index is 0.0780. The van der Waals surface area contributed by atoms with E-state index in [0.717, 1.165) is 5.69 Å². The first-order chi connectivity index (χ1) is 6.53. The van der Waals surface area contributed by atoms with E-state index in [4.69, 9.17) is 11.6 Å². The molecule has 0 spiro atoms. The van der Waals surface area contributed by atoms with E-state index in [2.05, 4.69) is 9.71 Å². The van der Waals surface area contributed by atoms with Crippen molar-refractivity contribution in [2.45, 2.75) is 6.92 Å². The lowest BCUT2D eigenvalue weighted by molar-refractivity contribution is 0.602. The van der Waals surface area contributed by atoms with E-state index in [1.807, 2.05) is 6.92 Å². The molecule has 0 aliphatic heterocycles. The number of hydrogen-bond acceptors (Lipinski definition) is 3. The maximum Gasteiger partial charge on any atom is 0.233 e. The zero-order chi connectivity index (χ0) is 10.6. The van der Waals surface area contributed by atoms with Crippen molar-refractivity contribution in [2.75, 3.05) is 16.4 Å². The van der Waals surface area contributed by atoms with Crippen LogP contribution in [-0.2, 0) is 10.0 Å². The van der Waals surface area contributed by atoms with Gasteiger partial charge in [0.05, 0.1) is 17.6 Å². The zero-order valence-corrected chi connectivity index (χ0v) is 9.27. The maximum atomic E-state index is 11.3. The Morgan fingerprint density at radius 2 is 2.21 bits per heavy atom. The van der Waals surface area contributed by atoms with Gasteiger partial charge >= 0.3 is 0 Å². The minimum Gasteiger partial charge on any atom is -0.282 e. The molecule has 0 amide bonds. The Hall–Kier alpha value is -0.810. The van der Waals surface area contributed by atoms with Gasteiger partial charge in [-0.2, -0.15) is 0 Å². The molecule has 1 rings (SSSR count). The van der Waals surface area contributed by atoms with E-state index >= 15 is 0 Å². The van der Waals surface area contributed by atoms with E-state index in [9.17, 15) is 8.42 Å². The number of halogens is 1. The second-order valence-electron chi connectivity index (χ2n) is 2.80. The van der Waals surface area contributed by atoms with Gasteiger partial charge in [-0.05, 0) is 19.1 Å². The van der Waals surface area contributed by atoms with Crippen LogP contribution in [-0.4, -0.2) is 25.0 Å². The fraction of sp³-hybridized carbons (Fsp3) is 0.375. The van der Waals surface area contributed by atoms with Crippen LogP contribution in [0.25, 0.3) is 0 Å². The molecule has 0 aliphatic rings. The van der Waals surface area contributed by atoms with Gasteiger partial charge in [-0.1, -0.05) is 0 Å². The molecule has 4 nitrogen and oxygen atoms in total. The van der Waals surface area contributed by atoms with Gasteiger partial charge in [0.25, 0.3) is 0 Å². The van der Waals surface area contributed by atoms with Crippen molar-refractivity contribution in [2.24, 2.45) is 0 Å². The van der Waals surface area contributed by atoms with E-state index < -0.39 is 10.0 Å². The number of sulfonamides is 1. The monoisotopic (exact) mass is 234 g/mol. The van der Waals surface area contributed by atoms with Gasteiger partial charge in [0.1, 0.15) is 0 Å². The standard InChI is InChI=1S/C8H11ClN2O2S/c1-7-2-3-8(6-10-7)11-14(12,13)5-4-9/h2-3,6,11H,4-5H2,1H3. The number of anilines is 1. The lowest BCUT2D eigenvalue weighted by Crippen LogP contribution is -2.17. The van der Waals surface area contributed by atoms with Crippen LogP contribution >= 0.6 is 11.6 Å². The quantitative estimate of drug-likeness (QED) is 0.801. The Bertz CT molecular complexity index is 388. The van der Waals surface area contributed by atoms with Crippen molar-refractivity contribution in [1.29, 1.82) is 0 Å². The highest BCUT2D eigenvalue weighted by molar-refractivity contribution is 7.92. The molecule has 0 fully saturated rings. The number of nitrogens with one attached hydrogen (secondary N) is 1.